The molecule has 2 aromatic carbocycles. The summed E-state index contributed by atoms with van der Waals surface area (Å²) in [6.45, 7) is 5.34. The first kappa shape index (κ1) is 21.0. The van der Waals surface area contributed by atoms with Crippen LogP contribution in [-0.2, 0) is 9.53 Å². The minimum Gasteiger partial charge on any atom is -0.452 e. The number of amides is 1. The number of aromatic nitrogens is 1. The molecule has 0 saturated carbocycles. The molecule has 2 atom stereocenters. The fourth-order valence-corrected chi connectivity index (χ4v) is 4.28. The fourth-order valence-electron chi connectivity index (χ4n) is 4.28. The van der Waals surface area contributed by atoms with E-state index in [1.807, 2.05) is 12.1 Å². The maximum Gasteiger partial charge on any atom is 0.339 e. The minimum atomic E-state index is -0.576. The number of esters is 1. The minimum absolute atomic E-state index is 0.177. The Hall–Kier alpha value is -3.28. The Balaban J connectivity index is 1.57. The number of halogens is 1. The predicted molar refractivity (Wildman–Crippen MR) is 117 cm³/mol. The van der Waals surface area contributed by atoms with Crippen LogP contribution < -0.4 is 0 Å². The number of likely N-dealkylation sites (tertiary alicyclic amines) is 1. The van der Waals surface area contributed by atoms with E-state index < -0.39 is 5.97 Å². The molecule has 31 heavy (non-hydrogen) atoms. The van der Waals surface area contributed by atoms with Crippen LogP contribution in [0.25, 0.3) is 22.2 Å². The van der Waals surface area contributed by atoms with Gasteiger partial charge in [-0.2, -0.15) is 0 Å². The second-order valence-electron chi connectivity index (χ2n) is 8.40. The number of carbonyl (C=O) groups is 2. The molecule has 3 aromatic rings. The zero-order valence-corrected chi connectivity index (χ0v) is 17.7. The van der Waals surface area contributed by atoms with Crippen molar-refractivity contribution in [1.82, 2.24) is 9.88 Å². The van der Waals surface area contributed by atoms with E-state index in [0.717, 1.165) is 6.42 Å². The smallest absolute Gasteiger partial charge is 0.339 e. The van der Waals surface area contributed by atoms with Crippen molar-refractivity contribution >= 4 is 22.8 Å². The molecule has 1 aliphatic rings. The Morgan fingerprint density at radius 3 is 2.45 bits per heavy atom. The van der Waals surface area contributed by atoms with Gasteiger partial charge in [0.25, 0.3) is 5.91 Å². The number of rotatable bonds is 4. The van der Waals surface area contributed by atoms with Crippen LogP contribution in [0.4, 0.5) is 4.39 Å². The summed E-state index contributed by atoms with van der Waals surface area (Å²) in [5, 5.41) is 0.644. The van der Waals surface area contributed by atoms with Gasteiger partial charge in [-0.15, -0.1) is 0 Å². The Kier molecular flexibility index (Phi) is 5.98. The van der Waals surface area contributed by atoms with E-state index in [9.17, 15) is 14.0 Å². The number of carbonyl (C=O) groups excluding carboxylic acids is 2. The third-order valence-corrected chi connectivity index (χ3v) is 5.62. The number of ether oxygens (including phenoxy) is 1. The number of nitrogens with zero attached hydrogens (tertiary/aromatic N) is 2. The lowest BCUT2D eigenvalue weighted by molar-refractivity contribution is -0.137. The highest BCUT2D eigenvalue weighted by molar-refractivity contribution is 6.05. The van der Waals surface area contributed by atoms with Crippen LogP contribution in [0.5, 0.6) is 0 Å². The van der Waals surface area contributed by atoms with Crippen molar-refractivity contribution in [2.24, 2.45) is 11.8 Å². The first-order valence-electron chi connectivity index (χ1n) is 10.5. The van der Waals surface area contributed by atoms with E-state index in [2.05, 4.69) is 18.8 Å². The first-order valence-corrected chi connectivity index (χ1v) is 10.5. The molecule has 1 fully saturated rings. The molecule has 0 bridgehead atoms. The van der Waals surface area contributed by atoms with Gasteiger partial charge in [0.15, 0.2) is 6.61 Å². The van der Waals surface area contributed by atoms with Gasteiger partial charge >= 0.3 is 5.97 Å². The topological polar surface area (TPSA) is 59.5 Å². The zero-order valence-electron chi connectivity index (χ0n) is 17.7. The Bertz CT molecular complexity index is 1100. The highest BCUT2D eigenvalue weighted by Crippen LogP contribution is 2.26. The van der Waals surface area contributed by atoms with Crippen LogP contribution in [0.2, 0.25) is 0 Å². The quantitative estimate of drug-likeness (QED) is 0.574. The van der Waals surface area contributed by atoms with Gasteiger partial charge in [-0.3, -0.25) is 4.79 Å². The van der Waals surface area contributed by atoms with Crippen molar-refractivity contribution in [3.63, 3.8) is 0 Å². The molecule has 1 amide bonds. The van der Waals surface area contributed by atoms with Crippen LogP contribution in [0.1, 0.15) is 30.6 Å². The third kappa shape index (κ3) is 4.74. The monoisotopic (exact) mass is 420 g/mol. The van der Waals surface area contributed by atoms with E-state index in [-0.39, 0.29) is 18.3 Å². The average molecular weight is 420 g/mol. The van der Waals surface area contributed by atoms with Gasteiger partial charge in [0, 0.05) is 24.0 Å². The van der Waals surface area contributed by atoms with Crippen molar-refractivity contribution < 1.29 is 18.7 Å². The normalized spacial score (nSPS) is 18.7. The van der Waals surface area contributed by atoms with Crippen LogP contribution in [0, 0.1) is 17.7 Å². The number of pyridine rings is 1. The maximum absolute atomic E-state index is 13.3. The van der Waals surface area contributed by atoms with Crippen molar-refractivity contribution in [3.8, 4) is 11.3 Å². The summed E-state index contributed by atoms with van der Waals surface area (Å²) >= 11 is 0. The summed E-state index contributed by atoms with van der Waals surface area (Å²) in [7, 11) is 0. The molecule has 2 heterocycles. The lowest BCUT2D eigenvalue weighted by Crippen LogP contribution is -2.44. The van der Waals surface area contributed by atoms with Crippen molar-refractivity contribution in [3.05, 3.63) is 66.0 Å². The molecule has 0 radical (unpaired) electrons. The second-order valence-corrected chi connectivity index (χ2v) is 8.40. The Morgan fingerprint density at radius 1 is 1.06 bits per heavy atom. The van der Waals surface area contributed by atoms with Gasteiger partial charge in [0.2, 0.25) is 0 Å². The van der Waals surface area contributed by atoms with Gasteiger partial charge in [0.1, 0.15) is 5.82 Å². The lowest BCUT2D eigenvalue weighted by Gasteiger charge is -2.34. The summed E-state index contributed by atoms with van der Waals surface area (Å²) < 4.78 is 18.7. The van der Waals surface area contributed by atoms with Crippen LogP contribution >= 0.6 is 0 Å². The van der Waals surface area contributed by atoms with E-state index in [1.165, 1.54) is 12.1 Å². The highest BCUT2D eigenvalue weighted by atomic mass is 19.1. The summed E-state index contributed by atoms with van der Waals surface area (Å²) in [6, 6.07) is 14.8. The molecule has 1 saturated heterocycles. The zero-order chi connectivity index (χ0) is 22.0. The second kappa shape index (κ2) is 8.84. The number of hydrogen-bond donors (Lipinski definition) is 0. The molecular formula is C25H25FN2O3. The van der Waals surface area contributed by atoms with Crippen LogP contribution in [0.3, 0.4) is 0 Å². The highest BCUT2D eigenvalue weighted by Gasteiger charge is 2.26. The van der Waals surface area contributed by atoms with Crippen LogP contribution in [0.15, 0.2) is 54.6 Å². The average Bonchev–Trinajstić information content (AvgIpc) is 2.76. The van der Waals surface area contributed by atoms with Crippen molar-refractivity contribution in [2.75, 3.05) is 19.7 Å². The predicted octanol–water partition coefficient (Wildman–Crippen LogP) is 4.70. The molecule has 4 rings (SSSR count). The molecule has 5 nitrogen and oxygen atoms in total. The molecular weight excluding hydrogens is 395 g/mol. The summed E-state index contributed by atoms with van der Waals surface area (Å²) in [4.78, 5) is 31.9. The third-order valence-electron chi connectivity index (χ3n) is 5.62. The summed E-state index contributed by atoms with van der Waals surface area (Å²) in [5.41, 5.74) is 2.18. The van der Waals surface area contributed by atoms with E-state index >= 15 is 0 Å². The Labute approximate surface area is 180 Å². The SMILES string of the molecule is C[C@@H]1C[C@H](C)CN(C(=O)COC(=O)c2cc(-c3ccc(F)cc3)nc3ccccc23)C1. The molecule has 0 spiro atoms. The van der Waals surface area contributed by atoms with Gasteiger partial charge < -0.3 is 9.64 Å². The molecule has 160 valence electrons. The number of piperidine rings is 1. The van der Waals surface area contributed by atoms with Crippen molar-refractivity contribution in [1.29, 1.82) is 0 Å². The molecule has 1 aromatic heterocycles. The molecule has 0 N–H and O–H groups in total. The van der Waals surface area contributed by atoms with E-state index in [0.29, 0.717) is 52.6 Å². The maximum atomic E-state index is 13.3. The van der Waals surface area contributed by atoms with E-state index in [1.54, 1.807) is 35.2 Å². The standard InChI is InChI=1S/C25H25FN2O3/c1-16-11-17(2)14-28(13-16)24(29)15-31-25(30)21-12-23(18-7-9-19(26)10-8-18)27-22-6-4-3-5-20(21)22/h3-10,12,16-17H,11,13-15H2,1-2H3/t16-,17+. The number of hydrogen-bond acceptors (Lipinski definition) is 4. The van der Waals surface area contributed by atoms with E-state index in [4.69, 9.17) is 4.74 Å². The molecule has 0 aliphatic carbocycles. The fraction of sp³-hybridized carbons (Fsp3) is 0.320. The molecule has 6 heteroatoms. The van der Waals surface area contributed by atoms with Gasteiger partial charge in [0.05, 0.1) is 16.8 Å². The lowest BCUT2D eigenvalue weighted by atomic mass is 9.92. The first-order chi connectivity index (χ1) is 14.9. The Morgan fingerprint density at radius 2 is 1.74 bits per heavy atom. The van der Waals surface area contributed by atoms with Crippen LogP contribution in [-0.4, -0.2) is 41.5 Å². The van der Waals surface area contributed by atoms with Gasteiger partial charge in [-0.25, -0.2) is 14.2 Å². The van der Waals surface area contributed by atoms with Gasteiger partial charge in [-0.05, 0) is 54.7 Å². The summed E-state index contributed by atoms with van der Waals surface area (Å²) in [5.74, 6) is -0.224. The van der Waals surface area contributed by atoms with Gasteiger partial charge in [-0.1, -0.05) is 32.0 Å². The largest absolute Gasteiger partial charge is 0.452 e. The number of benzene rings is 2. The summed E-state index contributed by atoms with van der Waals surface area (Å²) in [6.07, 6.45) is 1.10. The number of fused-ring (bicyclic) bond motifs is 1. The number of para-hydroxylation sites is 1. The molecule has 0 unspecified atom stereocenters. The van der Waals surface area contributed by atoms with Crippen molar-refractivity contribution in [2.45, 2.75) is 20.3 Å². The molecule has 1 aliphatic heterocycles.